The van der Waals surface area contributed by atoms with Crippen LogP contribution in [0.2, 0.25) is 0 Å². The molecule has 0 aromatic heterocycles. The fraction of sp³-hybridized carbons (Fsp3) is 0.118. The summed E-state index contributed by atoms with van der Waals surface area (Å²) in [5.41, 5.74) is 2.53. The summed E-state index contributed by atoms with van der Waals surface area (Å²) in [6.45, 7) is 0. The Kier molecular flexibility index (Phi) is 4.56. The minimum Gasteiger partial charge on any atom is -0.496 e. The quantitative estimate of drug-likeness (QED) is 0.664. The second kappa shape index (κ2) is 6.57. The third-order valence-electron chi connectivity index (χ3n) is 3.01. The molecule has 0 amide bonds. The Morgan fingerprint density at radius 1 is 1.10 bits per heavy atom. The molecule has 2 aromatic rings. The van der Waals surface area contributed by atoms with Crippen LogP contribution >= 0.6 is 0 Å². The summed E-state index contributed by atoms with van der Waals surface area (Å²) in [5, 5.41) is 3.02. The number of benzene rings is 2. The molecule has 0 spiro atoms. The Hall–Kier alpha value is -2.55. The van der Waals surface area contributed by atoms with E-state index in [0.29, 0.717) is 5.56 Å². The standard InChI is InChI=1S/C17H17NO2/c1-18-15-10-7-13(8-11-15)16(19)12-9-14-5-3-4-6-17(14)20-2/h3-12,18H,1-2H3. The number of ether oxygens (including phenoxy) is 1. The zero-order valence-corrected chi connectivity index (χ0v) is 11.6. The summed E-state index contributed by atoms with van der Waals surface area (Å²) < 4.78 is 5.24. The normalized spacial score (nSPS) is 10.5. The minimum absolute atomic E-state index is 0.0291. The molecule has 0 aliphatic heterocycles. The van der Waals surface area contributed by atoms with E-state index < -0.39 is 0 Å². The van der Waals surface area contributed by atoms with Crippen LogP contribution in [0.5, 0.6) is 5.75 Å². The Morgan fingerprint density at radius 3 is 2.45 bits per heavy atom. The fourth-order valence-electron chi connectivity index (χ4n) is 1.87. The second-order valence-electron chi connectivity index (χ2n) is 4.27. The van der Waals surface area contributed by atoms with Gasteiger partial charge in [-0.2, -0.15) is 0 Å². The number of ketones is 1. The topological polar surface area (TPSA) is 38.3 Å². The first-order chi connectivity index (χ1) is 9.74. The van der Waals surface area contributed by atoms with E-state index in [1.165, 1.54) is 0 Å². The van der Waals surface area contributed by atoms with Gasteiger partial charge in [0.2, 0.25) is 0 Å². The molecule has 0 aliphatic rings. The highest BCUT2D eigenvalue weighted by atomic mass is 16.5. The van der Waals surface area contributed by atoms with Gasteiger partial charge in [0.1, 0.15) is 5.75 Å². The van der Waals surface area contributed by atoms with Crippen LogP contribution < -0.4 is 10.1 Å². The van der Waals surface area contributed by atoms with Crippen molar-refractivity contribution >= 4 is 17.5 Å². The lowest BCUT2D eigenvalue weighted by molar-refractivity contribution is 0.104. The van der Waals surface area contributed by atoms with Gasteiger partial charge >= 0.3 is 0 Å². The van der Waals surface area contributed by atoms with Crippen LogP contribution in [-0.4, -0.2) is 19.9 Å². The van der Waals surface area contributed by atoms with Gasteiger partial charge in [0.25, 0.3) is 0 Å². The second-order valence-corrected chi connectivity index (χ2v) is 4.27. The zero-order valence-electron chi connectivity index (χ0n) is 11.6. The summed E-state index contributed by atoms with van der Waals surface area (Å²) in [6, 6.07) is 15.0. The Balaban J connectivity index is 2.15. The molecule has 0 radical (unpaired) electrons. The SMILES string of the molecule is CNc1ccc(C(=O)C=Cc2ccccc2OC)cc1. The van der Waals surface area contributed by atoms with Crippen molar-refractivity contribution < 1.29 is 9.53 Å². The molecular formula is C17H17NO2. The van der Waals surface area contributed by atoms with Crippen molar-refractivity contribution in [1.82, 2.24) is 0 Å². The molecule has 0 atom stereocenters. The minimum atomic E-state index is -0.0291. The maximum absolute atomic E-state index is 12.1. The molecule has 20 heavy (non-hydrogen) atoms. The molecule has 0 bridgehead atoms. The van der Waals surface area contributed by atoms with Gasteiger partial charge in [0.05, 0.1) is 7.11 Å². The molecule has 102 valence electrons. The van der Waals surface area contributed by atoms with Gasteiger partial charge in [-0.15, -0.1) is 0 Å². The number of para-hydroxylation sites is 1. The lowest BCUT2D eigenvalue weighted by Gasteiger charge is -2.03. The monoisotopic (exact) mass is 267 g/mol. The molecule has 0 fully saturated rings. The van der Waals surface area contributed by atoms with Crippen LogP contribution in [-0.2, 0) is 0 Å². The molecule has 2 aromatic carbocycles. The van der Waals surface area contributed by atoms with E-state index in [2.05, 4.69) is 5.32 Å². The van der Waals surface area contributed by atoms with E-state index in [1.807, 2.05) is 43.4 Å². The van der Waals surface area contributed by atoms with Gasteiger partial charge in [-0.3, -0.25) is 4.79 Å². The van der Waals surface area contributed by atoms with Crippen molar-refractivity contribution in [3.8, 4) is 5.75 Å². The van der Waals surface area contributed by atoms with Crippen LogP contribution in [0.15, 0.2) is 54.6 Å². The van der Waals surface area contributed by atoms with E-state index in [1.54, 1.807) is 31.4 Å². The van der Waals surface area contributed by atoms with Crippen molar-refractivity contribution in [2.75, 3.05) is 19.5 Å². The van der Waals surface area contributed by atoms with Crippen molar-refractivity contribution in [2.24, 2.45) is 0 Å². The van der Waals surface area contributed by atoms with E-state index in [-0.39, 0.29) is 5.78 Å². The predicted octanol–water partition coefficient (Wildman–Crippen LogP) is 3.63. The summed E-state index contributed by atoms with van der Waals surface area (Å²) in [7, 11) is 3.46. The molecule has 0 aliphatic carbocycles. The maximum Gasteiger partial charge on any atom is 0.185 e. The predicted molar refractivity (Wildman–Crippen MR) is 82.3 cm³/mol. The average Bonchev–Trinajstić information content (AvgIpc) is 2.53. The lowest BCUT2D eigenvalue weighted by atomic mass is 10.1. The van der Waals surface area contributed by atoms with Crippen LogP contribution in [0.3, 0.4) is 0 Å². The first-order valence-corrected chi connectivity index (χ1v) is 6.38. The average molecular weight is 267 g/mol. The van der Waals surface area contributed by atoms with E-state index in [0.717, 1.165) is 17.0 Å². The highest BCUT2D eigenvalue weighted by molar-refractivity contribution is 6.07. The largest absolute Gasteiger partial charge is 0.496 e. The number of nitrogens with one attached hydrogen (secondary N) is 1. The van der Waals surface area contributed by atoms with E-state index in [9.17, 15) is 4.79 Å². The first-order valence-electron chi connectivity index (χ1n) is 6.38. The number of hydrogen-bond donors (Lipinski definition) is 1. The van der Waals surface area contributed by atoms with Crippen molar-refractivity contribution in [1.29, 1.82) is 0 Å². The van der Waals surface area contributed by atoms with Crippen LogP contribution in [0, 0.1) is 0 Å². The number of carbonyl (C=O) groups is 1. The third kappa shape index (κ3) is 3.26. The summed E-state index contributed by atoms with van der Waals surface area (Å²) in [6.07, 6.45) is 3.33. The molecule has 0 heterocycles. The fourth-order valence-corrected chi connectivity index (χ4v) is 1.87. The van der Waals surface area contributed by atoms with Crippen molar-refractivity contribution in [2.45, 2.75) is 0 Å². The molecule has 3 nitrogen and oxygen atoms in total. The molecule has 2 rings (SSSR count). The van der Waals surface area contributed by atoms with Gasteiger partial charge < -0.3 is 10.1 Å². The van der Waals surface area contributed by atoms with Gasteiger partial charge in [-0.05, 0) is 42.5 Å². The van der Waals surface area contributed by atoms with Crippen molar-refractivity contribution in [3.63, 3.8) is 0 Å². The smallest absolute Gasteiger partial charge is 0.185 e. The third-order valence-corrected chi connectivity index (χ3v) is 3.01. The van der Waals surface area contributed by atoms with Crippen LogP contribution in [0.4, 0.5) is 5.69 Å². The molecule has 0 saturated carbocycles. The Labute approximate surface area is 118 Å². The van der Waals surface area contributed by atoms with Crippen LogP contribution in [0.25, 0.3) is 6.08 Å². The molecule has 0 unspecified atom stereocenters. The van der Waals surface area contributed by atoms with Crippen molar-refractivity contribution in [3.05, 3.63) is 65.7 Å². The summed E-state index contributed by atoms with van der Waals surface area (Å²) in [5.74, 6) is 0.723. The number of methoxy groups -OCH3 is 1. The Morgan fingerprint density at radius 2 is 1.80 bits per heavy atom. The van der Waals surface area contributed by atoms with E-state index in [4.69, 9.17) is 4.74 Å². The first kappa shape index (κ1) is 13.9. The van der Waals surface area contributed by atoms with E-state index >= 15 is 0 Å². The number of hydrogen-bond acceptors (Lipinski definition) is 3. The number of allylic oxidation sites excluding steroid dienone is 1. The molecular weight excluding hydrogens is 250 g/mol. The van der Waals surface area contributed by atoms with Gasteiger partial charge in [-0.25, -0.2) is 0 Å². The highest BCUT2D eigenvalue weighted by Crippen LogP contribution is 2.19. The van der Waals surface area contributed by atoms with Gasteiger partial charge in [0, 0.05) is 23.9 Å². The highest BCUT2D eigenvalue weighted by Gasteiger charge is 2.02. The summed E-state index contributed by atoms with van der Waals surface area (Å²) in [4.78, 5) is 12.1. The molecule has 0 saturated heterocycles. The number of carbonyl (C=O) groups excluding carboxylic acids is 1. The summed E-state index contributed by atoms with van der Waals surface area (Å²) >= 11 is 0. The number of rotatable bonds is 5. The zero-order chi connectivity index (χ0) is 14.4. The molecule has 3 heteroatoms. The van der Waals surface area contributed by atoms with Gasteiger partial charge in [0.15, 0.2) is 5.78 Å². The van der Waals surface area contributed by atoms with Crippen LogP contribution in [0.1, 0.15) is 15.9 Å². The number of anilines is 1. The Bertz CT molecular complexity index is 615. The van der Waals surface area contributed by atoms with Gasteiger partial charge in [-0.1, -0.05) is 18.2 Å². The maximum atomic E-state index is 12.1. The molecule has 1 N–H and O–H groups in total. The lowest BCUT2D eigenvalue weighted by Crippen LogP contribution is -1.95.